The van der Waals surface area contributed by atoms with E-state index in [1.165, 1.54) is 5.56 Å². The zero-order valence-corrected chi connectivity index (χ0v) is 10.6. The van der Waals surface area contributed by atoms with Gasteiger partial charge in [-0.1, -0.05) is 17.7 Å². The SMILES string of the molecule is Cc1ccc(NN(CCl)C(C)(C)C)cc1. The van der Waals surface area contributed by atoms with Crippen molar-refractivity contribution in [2.24, 2.45) is 0 Å². The number of hydrogen-bond acceptors (Lipinski definition) is 2. The van der Waals surface area contributed by atoms with E-state index < -0.39 is 0 Å². The Morgan fingerprint density at radius 3 is 2.13 bits per heavy atom. The minimum absolute atomic E-state index is 0.00658. The van der Waals surface area contributed by atoms with E-state index in [4.69, 9.17) is 11.6 Å². The van der Waals surface area contributed by atoms with Crippen LogP contribution in [0.5, 0.6) is 0 Å². The summed E-state index contributed by atoms with van der Waals surface area (Å²) in [6, 6.07) is 8.73. The van der Waals surface area contributed by atoms with Crippen LogP contribution in [0, 0.1) is 6.92 Å². The molecule has 0 saturated carbocycles. The molecule has 0 aromatic heterocycles. The van der Waals surface area contributed by atoms with E-state index in [0.717, 1.165) is 5.69 Å². The summed E-state index contributed by atoms with van der Waals surface area (Å²) in [5.74, 6) is 0. The van der Waals surface area contributed by atoms with Crippen LogP contribution in [0.3, 0.4) is 0 Å². The standard InChI is InChI=1S/C12H19ClN2/c1-10-5-7-11(8-6-10)14-15(9-13)12(2,3)4/h5-8,14H,9H2,1-4H3. The summed E-state index contributed by atoms with van der Waals surface area (Å²) >= 11 is 5.90. The van der Waals surface area contributed by atoms with E-state index in [0.29, 0.717) is 6.00 Å². The number of anilines is 1. The van der Waals surface area contributed by atoms with Gasteiger partial charge < -0.3 is 5.43 Å². The number of nitrogens with one attached hydrogen (secondary N) is 1. The van der Waals surface area contributed by atoms with Crippen molar-refractivity contribution in [2.45, 2.75) is 33.2 Å². The van der Waals surface area contributed by atoms with Crippen LogP contribution in [0.4, 0.5) is 5.69 Å². The Balaban J connectivity index is 2.71. The number of aryl methyl sites for hydroxylation is 1. The molecule has 0 fully saturated rings. The van der Waals surface area contributed by atoms with Gasteiger partial charge in [0.1, 0.15) is 0 Å². The first-order valence-electron chi connectivity index (χ1n) is 5.10. The third-order valence-corrected chi connectivity index (χ3v) is 2.48. The Hall–Kier alpha value is -0.730. The van der Waals surface area contributed by atoms with Crippen molar-refractivity contribution in [1.29, 1.82) is 0 Å². The Kier molecular flexibility index (Phi) is 4.00. The van der Waals surface area contributed by atoms with E-state index in [-0.39, 0.29) is 5.54 Å². The fourth-order valence-corrected chi connectivity index (χ4v) is 1.58. The van der Waals surface area contributed by atoms with Crippen molar-refractivity contribution in [3.8, 4) is 0 Å². The highest BCUT2D eigenvalue weighted by molar-refractivity contribution is 6.17. The van der Waals surface area contributed by atoms with Gasteiger partial charge in [-0.05, 0) is 39.8 Å². The molecule has 0 aliphatic rings. The van der Waals surface area contributed by atoms with Crippen molar-refractivity contribution in [1.82, 2.24) is 5.01 Å². The van der Waals surface area contributed by atoms with E-state index in [2.05, 4.69) is 57.4 Å². The lowest BCUT2D eigenvalue weighted by molar-refractivity contribution is 0.203. The second-order valence-corrected chi connectivity index (χ2v) is 4.94. The minimum atomic E-state index is 0.00658. The molecule has 1 aromatic carbocycles. The highest BCUT2D eigenvalue weighted by Gasteiger charge is 2.19. The van der Waals surface area contributed by atoms with E-state index in [1.807, 2.05) is 5.01 Å². The molecule has 0 aliphatic heterocycles. The summed E-state index contributed by atoms with van der Waals surface area (Å²) in [6.45, 7) is 8.44. The molecule has 0 amide bonds. The number of rotatable bonds is 3. The van der Waals surface area contributed by atoms with Gasteiger partial charge in [0, 0.05) is 11.2 Å². The molecule has 1 rings (SSSR count). The van der Waals surface area contributed by atoms with Gasteiger partial charge in [0.15, 0.2) is 0 Å². The van der Waals surface area contributed by atoms with Gasteiger partial charge in [-0.2, -0.15) is 0 Å². The summed E-state index contributed by atoms with van der Waals surface area (Å²) in [4.78, 5) is 0. The third kappa shape index (κ3) is 3.73. The second-order valence-electron chi connectivity index (χ2n) is 4.70. The van der Waals surface area contributed by atoms with Crippen molar-refractivity contribution >= 4 is 17.3 Å². The zero-order valence-electron chi connectivity index (χ0n) is 9.84. The molecule has 0 atom stereocenters. The van der Waals surface area contributed by atoms with Gasteiger partial charge in [0.05, 0.1) is 6.00 Å². The van der Waals surface area contributed by atoms with Crippen LogP contribution >= 0.6 is 11.6 Å². The third-order valence-electron chi connectivity index (χ3n) is 2.24. The summed E-state index contributed by atoms with van der Waals surface area (Å²) in [5, 5.41) is 2.00. The average Bonchev–Trinajstić information content (AvgIpc) is 2.15. The van der Waals surface area contributed by atoms with Gasteiger partial charge in [0.25, 0.3) is 0 Å². The highest BCUT2D eigenvalue weighted by atomic mass is 35.5. The molecule has 0 heterocycles. The first-order valence-corrected chi connectivity index (χ1v) is 5.64. The van der Waals surface area contributed by atoms with Gasteiger partial charge in [-0.25, -0.2) is 5.01 Å². The van der Waals surface area contributed by atoms with Crippen LogP contribution in [-0.4, -0.2) is 16.6 Å². The van der Waals surface area contributed by atoms with Gasteiger partial charge in [-0.15, -0.1) is 11.6 Å². The molecular formula is C12H19ClN2. The van der Waals surface area contributed by atoms with Crippen molar-refractivity contribution < 1.29 is 0 Å². The van der Waals surface area contributed by atoms with Crippen LogP contribution in [0.15, 0.2) is 24.3 Å². The predicted molar refractivity (Wildman–Crippen MR) is 67.1 cm³/mol. The van der Waals surface area contributed by atoms with Gasteiger partial charge in [0.2, 0.25) is 0 Å². The number of alkyl halides is 1. The molecule has 0 aliphatic carbocycles. The van der Waals surface area contributed by atoms with E-state index >= 15 is 0 Å². The maximum atomic E-state index is 5.90. The molecule has 1 aromatic rings. The van der Waals surface area contributed by atoms with Crippen LogP contribution in [0.25, 0.3) is 0 Å². The Morgan fingerprint density at radius 2 is 1.73 bits per heavy atom. The van der Waals surface area contributed by atoms with Crippen LogP contribution < -0.4 is 5.43 Å². The Bertz CT molecular complexity index is 300. The largest absolute Gasteiger partial charge is 0.317 e. The number of halogens is 1. The highest BCUT2D eigenvalue weighted by Crippen LogP contribution is 2.17. The molecule has 3 heteroatoms. The lowest BCUT2D eigenvalue weighted by atomic mass is 10.1. The molecule has 0 bridgehead atoms. The summed E-state index contributed by atoms with van der Waals surface area (Å²) in [6.07, 6.45) is 0. The summed E-state index contributed by atoms with van der Waals surface area (Å²) in [5.41, 5.74) is 5.63. The molecule has 0 unspecified atom stereocenters. The van der Waals surface area contributed by atoms with E-state index in [9.17, 15) is 0 Å². The van der Waals surface area contributed by atoms with Gasteiger partial charge >= 0.3 is 0 Å². The maximum Gasteiger partial charge on any atom is 0.0928 e. The predicted octanol–water partition coefficient (Wildman–Crippen LogP) is 3.62. The van der Waals surface area contributed by atoms with Crippen LogP contribution in [-0.2, 0) is 0 Å². The Labute approximate surface area is 97.2 Å². The lowest BCUT2D eigenvalue weighted by Gasteiger charge is -2.34. The molecular weight excluding hydrogens is 208 g/mol. The topological polar surface area (TPSA) is 15.3 Å². The van der Waals surface area contributed by atoms with Crippen molar-refractivity contribution in [3.05, 3.63) is 29.8 Å². The van der Waals surface area contributed by atoms with Gasteiger partial charge in [-0.3, -0.25) is 0 Å². The summed E-state index contributed by atoms with van der Waals surface area (Å²) in [7, 11) is 0. The number of nitrogens with zero attached hydrogens (tertiary/aromatic N) is 1. The average molecular weight is 227 g/mol. The fraction of sp³-hybridized carbons (Fsp3) is 0.500. The van der Waals surface area contributed by atoms with Crippen molar-refractivity contribution in [2.75, 3.05) is 11.4 Å². The number of hydrazine groups is 1. The summed E-state index contributed by atoms with van der Waals surface area (Å²) < 4.78 is 0. The molecule has 0 radical (unpaired) electrons. The van der Waals surface area contributed by atoms with E-state index in [1.54, 1.807) is 0 Å². The smallest absolute Gasteiger partial charge is 0.0928 e. The normalized spacial score (nSPS) is 11.9. The first kappa shape index (κ1) is 12.3. The molecule has 15 heavy (non-hydrogen) atoms. The molecule has 1 N–H and O–H groups in total. The quantitative estimate of drug-likeness (QED) is 0.481. The maximum absolute atomic E-state index is 5.90. The van der Waals surface area contributed by atoms with Crippen molar-refractivity contribution in [3.63, 3.8) is 0 Å². The van der Waals surface area contributed by atoms with Crippen LogP contribution in [0.2, 0.25) is 0 Å². The molecule has 0 saturated heterocycles. The second kappa shape index (κ2) is 4.86. The number of benzene rings is 1. The first-order chi connectivity index (χ1) is 6.93. The minimum Gasteiger partial charge on any atom is -0.317 e. The Morgan fingerprint density at radius 1 is 1.20 bits per heavy atom. The fourth-order valence-electron chi connectivity index (χ4n) is 1.16. The molecule has 84 valence electrons. The molecule has 2 nitrogen and oxygen atoms in total. The molecule has 0 spiro atoms. The number of hydrogen-bond donors (Lipinski definition) is 1. The lowest BCUT2D eigenvalue weighted by Crippen LogP contribution is -2.44. The monoisotopic (exact) mass is 226 g/mol. The zero-order chi connectivity index (χ0) is 11.5. The van der Waals surface area contributed by atoms with Crippen LogP contribution in [0.1, 0.15) is 26.3 Å².